The van der Waals surface area contributed by atoms with Gasteiger partial charge in [-0.05, 0) is 50.8 Å². The van der Waals surface area contributed by atoms with Crippen molar-refractivity contribution < 1.29 is 14.3 Å². The van der Waals surface area contributed by atoms with Crippen molar-refractivity contribution in [3.05, 3.63) is 53.9 Å². The molecule has 2 amide bonds. The van der Waals surface area contributed by atoms with E-state index in [1.54, 1.807) is 30.0 Å². The zero-order chi connectivity index (χ0) is 25.7. The average Bonchev–Trinajstić information content (AvgIpc) is 3.31. The number of benzene rings is 1. The molecule has 0 atom stereocenters. The Bertz CT molecular complexity index is 1210. The normalized spacial score (nSPS) is 13.7. The third kappa shape index (κ3) is 6.34. The summed E-state index contributed by atoms with van der Waals surface area (Å²) >= 11 is 3.09. The molecule has 2 aromatic heterocycles. The van der Waals surface area contributed by atoms with Crippen molar-refractivity contribution in [3.63, 3.8) is 0 Å². The summed E-state index contributed by atoms with van der Waals surface area (Å²) in [5.41, 5.74) is 1.54. The Kier molecular flexibility index (Phi) is 8.44. The summed E-state index contributed by atoms with van der Waals surface area (Å²) in [5, 5.41) is 3.96. The molecule has 1 saturated heterocycles. The van der Waals surface area contributed by atoms with E-state index in [2.05, 4.69) is 15.3 Å². The number of nitrogens with zero attached hydrogens (tertiary/aromatic N) is 5. The number of amides is 2. The lowest BCUT2D eigenvalue weighted by atomic mass is 10.1. The molecule has 1 aliphatic rings. The highest BCUT2D eigenvalue weighted by molar-refractivity contribution is 8.01. The standard InChI is InChI=1S/C25H30N6O3S2/c1-17-13-19(34-4)18(24(33)31-11-9-30(10-12-31)22(32)16-29(2)3)14-20(17)35-23-15-27-25(36-23)28-21-7-5-6-8-26-21/h5-8,13-15H,9-12,16H2,1-4H3,(H,26,27,28). The van der Waals surface area contributed by atoms with Crippen molar-refractivity contribution in [3.8, 4) is 5.75 Å². The first-order valence-electron chi connectivity index (χ1n) is 11.6. The zero-order valence-electron chi connectivity index (χ0n) is 20.9. The Balaban J connectivity index is 1.46. The number of methoxy groups -OCH3 is 1. The molecule has 3 aromatic rings. The lowest BCUT2D eigenvalue weighted by Gasteiger charge is -2.35. The van der Waals surface area contributed by atoms with Crippen LogP contribution in [0.3, 0.4) is 0 Å². The predicted molar refractivity (Wildman–Crippen MR) is 143 cm³/mol. The second kappa shape index (κ2) is 11.7. The second-order valence-corrected chi connectivity index (χ2v) is 11.0. The first-order chi connectivity index (χ1) is 17.3. The van der Waals surface area contributed by atoms with Gasteiger partial charge in [0.2, 0.25) is 5.91 Å². The van der Waals surface area contributed by atoms with E-state index < -0.39 is 0 Å². The maximum atomic E-state index is 13.5. The van der Waals surface area contributed by atoms with Gasteiger partial charge in [0.05, 0.1) is 29.6 Å². The fraction of sp³-hybridized carbons (Fsp3) is 0.360. The summed E-state index contributed by atoms with van der Waals surface area (Å²) in [5.74, 6) is 1.28. The number of hydrogen-bond donors (Lipinski definition) is 1. The Hall–Kier alpha value is -3.15. The SMILES string of the molecule is COc1cc(C)c(Sc2cnc(Nc3ccccn3)s2)cc1C(=O)N1CCN(C(=O)CN(C)C)CC1. The molecule has 1 fully saturated rings. The van der Waals surface area contributed by atoms with Crippen molar-refractivity contribution in [2.75, 3.05) is 59.2 Å². The summed E-state index contributed by atoms with van der Waals surface area (Å²) in [4.78, 5) is 41.0. The van der Waals surface area contributed by atoms with Gasteiger partial charge in [-0.15, -0.1) is 0 Å². The van der Waals surface area contributed by atoms with Crippen LogP contribution in [0.15, 0.2) is 51.8 Å². The molecule has 1 aliphatic heterocycles. The number of nitrogens with one attached hydrogen (secondary N) is 1. The molecule has 3 heterocycles. The molecular weight excluding hydrogens is 496 g/mol. The van der Waals surface area contributed by atoms with Crippen molar-refractivity contribution in [1.82, 2.24) is 24.7 Å². The smallest absolute Gasteiger partial charge is 0.257 e. The number of aryl methyl sites for hydroxylation is 1. The van der Waals surface area contributed by atoms with Crippen LogP contribution >= 0.6 is 23.1 Å². The Labute approximate surface area is 219 Å². The van der Waals surface area contributed by atoms with Gasteiger partial charge in [-0.2, -0.15) is 0 Å². The summed E-state index contributed by atoms with van der Waals surface area (Å²) in [6.07, 6.45) is 3.54. The van der Waals surface area contributed by atoms with Crippen molar-refractivity contribution >= 4 is 45.9 Å². The van der Waals surface area contributed by atoms with Gasteiger partial charge in [0.25, 0.3) is 5.91 Å². The molecule has 0 radical (unpaired) electrons. The number of hydrogen-bond acceptors (Lipinski definition) is 9. The maximum absolute atomic E-state index is 13.5. The van der Waals surface area contributed by atoms with E-state index in [0.717, 1.165) is 25.6 Å². The minimum atomic E-state index is -0.0878. The maximum Gasteiger partial charge on any atom is 0.257 e. The van der Waals surface area contributed by atoms with Crippen molar-refractivity contribution in [2.24, 2.45) is 0 Å². The summed E-state index contributed by atoms with van der Waals surface area (Å²) in [6, 6.07) is 9.47. The molecule has 0 saturated carbocycles. The largest absolute Gasteiger partial charge is 0.496 e. The fourth-order valence-corrected chi connectivity index (χ4v) is 5.77. The summed E-state index contributed by atoms with van der Waals surface area (Å²) in [7, 11) is 5.33. The molecule has 0 bridgehead atoms. The van der Waals surface area contributed by atoms with Gasteiger partial charge in [0, 0.05) is 37.3 Å². The third-order valence-electron chi connectivity index (χ3n) is 5.69. The highest BCUT2D eigenvalue weighted by atomic mass is 32.2. The van der Waals surface area contributed by atoms with Crippen LogP contribution in [0.2, 0.25) is 0 Å². The number of carbonyl (C=O) groups excluding carboxylic acids is 2. The monoisotopic (exact) mass is 526 g/mol. The third-order valence-corrected chi connectivity index (χ3v) is 7.87. The van der Waals surface area contributed by atoms with Crippen LogP contribution in [0.5, 0.6) is 5.75 Å². The molecule has 1 aromatic carbocycles. The minimum absolute atomic E-state index is 0.0835. The molecule has 1 N–H and O–H groups in total. The second-order valence-electron chi connectivity index (χ2n) is 8.66. The van der Waals surface area contributed by atoms with E-state index >= 15 is 0 Å². The van der Waals surface area contributed by atoms with E-state index in [4.69, 9.17) is 4.74 Å². The van der Waals surface area contributed by atoms with Gasteiger partial charge in [0.1, 0.15) is 11.6 Å². The van der Waals surface area contributed by atoms with Gasteiger partial charge in [0.15, 0.2) is 5.13 Å². The van der Waals surface area contributed by atoms with Gasteiger partial charge in [-0.3, -0.25) is 9.59 Å². The van der Waals surface area contributed by atoms with Crippen LogP contribution in [-0.2, 0) is 4.79 Å². The van der Waals surface area contributed by atoms with Gasteiger partial charge in [-0.25, -0.2) is 9.97 Å². The number of rotatable bonds is 8. The van der Waals surface area contributed by atoms with Crippen LogP contribution in [0, 0.1) is 6.92 Å². The number of pyridine rings is 1. The molecule has 11 heteroatoms. The summed E-state index contributed by atoms with van der Waals surface area (Å²) in [6.45, 7) is 4.42. The Morgan fingerprint density at radius 2 is 1.89 bits per heavy atom. The molecule has 4 rings (SSSR count). The highest BCUT2D eigenvalue weighted by Gasteiger charge is 2.27. The minimum Gasteiger partial charge on any atom is -0.496 e. The highest BCUT2D eigenvalue weighted by Crippen LogP contribution is 2.39. The number of thiazole rings is 1. The van der Waals surface area contributed by atoms with Crippen molar-refractivity contribution in [2.45, 2.75) is 16.0 Å². The zero-order valence-corrected chi connectivity index (χ0v) is 22.5. The number of piperazine rings is 1. The predicted octanol–water partition coefficient (Wildman–Crippen LogP) is 3.60. The van der Waals surface area contributed by atoms with E-state index in [-0.39, 0.29) is 11.8 Å². The Morgan fingerprint density at radius 1 is 1.14 bits per heavy atom. The van der Waals surface area contributed by atoms with Gasteiger partial charge < -0.3 is 24.8 Å². The molecule has 0 spiro atoms. The van der Waals surface area contributed by atoms with E-state index in [1.165, 1.54) is 11.3 Å². The average molecular weight is 527 g/mol. The quantitative estimate of drug-likeness (QED) is 0.476. The molecule has 0 aliphatic carbocycles. The van der Waals surface area contributed by atoms with Gasteiger partial charge >= 0.3 is 0 Å². The van der Waals surface area contributed by atoms with E-state index in [1.807, 2.05) is 67.3 Å². The molecular formula is C25H30N6O3S2. The number of anilines is 2. The molecule has 190 valence electrons. The lowest BCUT2D eigenvalue weighted by Crippen LogP contribution is -2.52. The lowest BCUT2D eigenvalue weighted by molar-refractivity contribution is -0.133. The summed E-state index contributed by atoms with van der Waals surface area (Å²) < 4.78 is 6.56. The van der Waals surface area contributed by atoms with Crippen LogP contribution < -0.4 is 10.1 Å². The Morgan fingerprint density at radius 3 is 2.56 bits per heavy atom. The fourth-order valence-electron chi connectivity index (χ4n) is 3.83. The topological polar surface area (TPSA) is 90.9 Å². The van der Waals surface area contributed by atoms with Crippen molar-refractivity contribution in [1.29, 1.82) is 0 Å². The number of carbonyl (C=O) groups is 2. The molecule has 36 heavy (non-hydrogen) atoms. The van der Waals surface area contributed by atoms with Gasteiger partial charge in [-0.1, -0.05) is 29.2 Å². The first-order valence-corrected chi connectivity index (χ1v) is 13.2. The van der Waals surface area contributed by atoms with E-state index in [9.17, 15) is 9.59 Å². The first kappa shape index (κ1) is 25.9. The van der Waals surface area contributed by atoms with Crippen LogP contribution in [-0.4, -0.2) is 90.4 Å². The van der Waals surface area contributed by atoms with E-state index in [0.29, 0.717) is 44.0 Å². The number of ether oxygens (including phenoxy) is 1. The van der Waals surface area contributed by atoms with Crippen LogP contribution in [0.1, 0.15) is 15.9 Å². The molecule has 0 unspecified atom stereocenters. The van der Waals surface area contributed by atoms with Crippen LogP contribution in [0.4, 0.5) is 10.9 Å². The number of likely N-dealkylation sites (N-methyl/N-ethyl adjacent to an activating group) is 1. The molecule has 9 nitrogen and oxygen atoms in total. The number of aromatic nitrogens is 2. The van der Waals surface area contributed by atoms with Crippen LogP contribution in [0.25, 0.3) is 0 Å².